The molecule has 0 aliphatic rings. The first kappa shape index (κ1) is 19.9. The van der Waals surface area contributed by atoms with E-state index in [1.165, 1.54) is 10.9 Å². The lowest BCUT2D eigenvalue weighted by Crippen LogP contribution is -2.18. The zero-order valence-corrected chi connectivity index (χ0v) is 16.1. The first-order valence-corrected chi connectivity index (χ1v) is 9.00. The van der Waals surface area contributed by atoms with Gasteiger partial charge in [0.2, 0.25) is 5.91 Å². The Morgan fingerprint density at radius 2 is 2.12 bits per heavy atom. The molecule has 0 saturated heterocycles. The second kappa shape index (κ2) is 8.33. The number of primary amides is 1. The molecule has 0 aromatic carbocycles. The van der Waals surface area contributed by atoms with Gasteiger partial charge < -0.3 is 15.8 Å². The molecule has 3 N–H and O–H groups in total. The highest BCUT2D eigenvalue weighted by atomic mass is 35.5. The molecule has 2 aromatic heterocycles. The summed E-state index contributed by atoms with van der Waals surface area (Å²) in [4.78, 5) is 36.4. The molecule has 0 aliphatic carbocycles. The van der Waals surface area contributed by atoms with Crippen LogP contribution >= 0.6 is 22.9 Å². The summed E-state index contributed by atoms with van der Waals surface area (Å²) < 4.78 is 6.73. The number of ether oxygens (including phenoxy) is 1. The van der Waals surface area contributed by atoms with Crippen molar-refractivity contribution in [1.29, 1.82) is 0 Å². The van der Waals surface area contributed by atoms with Crippen molar-refractivity contribution in [2.45, 2.75) is 39.8 Å². The third-order valence-corrected chi connectivity index (χ3v) is 4.76. The number of carbonyl (C=O) groups is 3. The summed E-state index contributed by atoms with van der Waals surface area (Å²) in [5.74, 6) is -1.62. The minimum absolute atomic E-state index is 0.111. The summed E-state index contributed by atoms with van der Waals surface area (Å²) in [6.45, 7) is 5.33. The number of thiophene rings is 1. The maximum absolute atomic E-state index is 12.3. The zero-order valence-electron chi connectivity index (χ0n) is 14.5. The lowest BCUT2D eigenvalue weighted by atomic mass is 10.1. The van der Waals surface area contributed by atoms with E-state index < -0.39 is 11.9 Å². The van der Waals surface area contributed by atoms with Gasteiger partial charge >= 0.3 is 5.97 Å². The largest absolute Gasteiger partial charge is 0.459 e. The number of carbonyl (C=O) groups excluding carboxylic acids is 3. The van der Waals surface area contributed by atoms with Crippen LogP contribution in [-0.4, -0.2) is 33.7 Å². The molecule has 140 valence electrons. The Labute approximate surface area is 159 Å². The van der Waals surface area contributed by atoms with Gasteiger partial charge in [-0.25, -0.2) is 4.79 Å². The van der Waals surface area contributed by atoms with Crippen molar-refractivity contribution >= 4 is 45.7 Å². The first-order valence-electron chi connectivity index (χ1n) is 7.81. The van der Waals surface area contributed by atoms with Gasteiger partial charge in [0.1, 0.15) is 5.00 Å². The number of anilines is 1. The number of amides is 2. The van der Waals surface area contributed by atoms with Crippen molar-refractivity contribution in [3.63, 3.8) is 0 Å². The van der Waals surface area contributed by atoms with E-state index in [0.29, 0.717) is 17.1 Å². The van der Waals surface area contributed by atoms with Crippen LogP contribution in [0.2, 0.25) is 5.02 Å². The highest BCUT2D eigenvalue weighted by molar-refractivity contribution is 7.18. The van der Waals surface area contributed by atoms with Gasteiger partial charge in [0.05, 0.1) is 27.8 Å². The molecule has 2 aromatic rings. The number of aromatic nitrogens is 2. The van der Waals surface area contributed by atoms with Gasteiger partial charge in [-0.1, -0.05) is 11.6 Å². The van der Waals surface area contributed by atoms with E-state index in [2.05, 4.69) is 10.4 Å². The predicted molar refractivity (Wildman–Crippen MR) is 98.6 cm³/mol. The van der Waals surface area contributed by atoms with Crippen LogP contribution in [-0.2, 0) is 16.1 Å². The number of nitrogens with zero attached hydrogens (tertiary/aromatic N) is 2. The Balaban J connectivity index is 2.18. The van der Waals surface area contributed by atoms with Crippen molar-refractivity contribution in [2.75, 3.05) is 5.32 Å². The van der Waals surface area contributed by atoms with Crippen LogP contribution in [0.25, 0.3) is 0 Å². The Bertz CT molecular complexity index is 843. The van der Waals surface area contributed by atoms with E-state index in [4.69, 9.17) is 22.1 Å². The molecule has 0 bridgehead atoms. The van der Waals surface area contributed by atoms with Crippen LogP contribution in [0.4, 0.5) is 5.00 Å². The molecular weight excluding hydrogens is 380 g/mol. The number of halogens is 1. The van der Waals surface area contributed by atoms with Gasteiger partial charge in [-0.15, -0.1) is 11.3 Å². The van der Waals surface area contributed by atoms with E-state index in [0.717, 1.165) is 11.3 Å². The monoisotopic (exact) mass is 398 g/mol. The molecule has 2 heterocycles. The fraction of sp³-hybridized carbons (Fsp3) is 0.375. The standard InChI is InChI=1S/C16H19ClN4O4S/c1-8(2)25-16(24)12-9(3)13(14(18)23)26-15(12)20-11(22)4-5-21-7-10(17)6-19-21/h6-8H,4-5H2,1-3H3,(H2,18,23)(H,20,22). The summed E-state index contributed by atoms with van der Waals surface area (Å²) in [5.41, 5.74) is 5.89. The fourth-order valence-corrected chi connectivity index (χ4v) is 3.44. The lowest BCUT2D eigenvalue weighted by Gasteiger charge is -2.10. The van der Waals surface area contributed by atoms with Gasteiger partial charge in [-0.3, -0.25) is 14.3 Å². The average molecular weight is 399 g/mol. The summed E-state index contributed by atoms with van der Waals surface area (Å²) in [7, 11) is 0. The summed E-state index contributed by atoms with van der Waals surface area (Å²) >= 11 is 6.73. The lowest BCUT2D eigenvalue weighted by molar-refractivity contribution is -0.116. The van der Waals surface area contributed by atoms with Crippen LogP contribution < -0.4 is 11.1 Å². The van der Waals surface area contributed by atoms with Crippen LogP contribution in [0, 0.1) is 6.92 Å². The number of aryl methyl sites for hydroxylation is 1. The molecule has 26 heavy (non-hydrogen) atoms. The highest BCUT2D eigenvalue weighted by Crippen LogP contribution is 2.33. The molecule has 0 saturated carbocycles. The van der Waals surface area contributed by atoms with Crippen LogP contribution in [0.3, 0.4) is 0 Å². The number of hydrogen-bond acceptors (Lipinski definition) is 6. The van der Waals surface area contributed by atoms with Gasteiger partial charge in [0, 0.05) is 19.2 Å². The summed E-state index contributed by atoms with van der Waals surface area (Å²) in [6.07, 6.45) is 2.84. The minimum atomic E-state index is -0.669. The van der Waals surface area contributed by atoms with Crippen molar-refractivity contribution in [3.8, 4) is 0 Å². The zero-order chi connectivity index (χ0) is 19.4. The topological polar surface area (TPSA) is 116 Å². The minimum Gasteiger partial charge on any atom is -0.459 e. The van der Waals surface area contributed by atoms with Gasteiger partial charge in [0.15, 0.2) is 0 Å². The normalized spacial score (nSPS) is 10.8. The predicted octanol–water partition coefficient (Wildman–Crippen LogP) is 2.60. The smallest absolute Gasteiger partial charge is 0.341 e. The average Bonchev–Trinajstić information content (AvgIpc) is 3.08. The fourth-order valence-electron chi connectivity index (χ4n) is 2.22. The molecule has 2 amide bonds. The maximum Gasteiger partial charge on any atom is 0.341 e. The molecule has 0 fully saturated rings. The Hall–Kier alpha value is -2.39. The third-order valence-electron chi connectivity index (χ3n) is 3.34. The Kier molecular flexibility index (Phi) is 6.38. The molecule has 0 spiro atoms. The van der Waals surface area contributed by atoms with Crippen LogP contribution in [0.1, 0.15) is 45.9 Å². The SMILES string of the molecule is Cc1c(C(N)=O)sc(NC(=O)CCn2cc(Cl)cn2)c1C(=O)OC(C)C. The number of esters is 1. The molecule has 2 rings (SSSR count). The molecule has 10 heteroatoms. The van der Waals surface area contributed by atoms with E-state index in [1.54, 1.807) is 27.0 Å². The van der Waals surface area contributed by atoms with Gasteiger partial charge in [0.25, 0.3) is 5.91 Å². The summed E-state index contributed by atoms with van der Waals surface area (Å²) in [5, 5.41) is 7.36. The molecule has 0 atom stereocenters. The van der Waals surface area contributed by atoms with E-state index in [-0.39, 0.29) is 33.9 Å². The van der Waals surface area contributed by atoms with E-state index >= 15 is 0 Å². The molecule has 0 radical (unpaired) electrons. The van der Waals surface area contributed by atoms with Crippen molar-refractivity contribution < 1.29 is 19.1 Å². The number of rotatable bonds is 7. The van der Waals surface area contributed by atoms with Crippen molar-refractivity contribution in [2.24, 2.45) is 5.73 Å². The number of nitrogens with one attached hydrogen (secondary N) is 1. The molecular formula is C16H19ClN4O4S. The molecule has 8 nitrogen and oxygen atoms in total. The van der Waals surface area contributed by atoms with Crippen molar-refractivity contribution in [1.82, 2.24) is 9.78 Å². The maximum atomic E-state index is 12.3. The quantitative estimate of drug-likeness (QED) is 0.695. The molecule has 0 unspecified atom stereocenters. The van der Waals surface area contributed by atoms with Gasteiger partial charge in [-0.05, 0) is 26.3 Å². The second-order valence-corrected chi connectivity index (χ2v) is 7.26. The summed E-state index contributed by atoms with van der Waals surface area (Å²) in [6, 6.07) is 0. The first-order chi connectivity index (χ1) is 12.2. The van der Waals surface area contributed by atoms with E-state index in [1.807, 2.05) is 0 Å². The Morgan fingerprint density at radius 3 is 2.65 bits per heavy atom. The third kappa shape index (κ3) is 4.83. The molecule has 0 aliphatic heterocycles. The second-order valence-electron chi connectivity index (χ2n) is 5.80. The van der Waals surface area contributed by atoms with Crippen molar-refractivity contribution in [3.05, 3.63) is 33.4 Å². The number of hydrogen-bond donors (Lipinski definition) is 2. The van der Waals surface area contributed by atoms with Crippen LogP contribution in [0.5, 0.6) is 0 Å². The van der Waals surface area contributed by atoms with Crippen LogP contribution in [0.15, 0.2) is 12.4 Å². The Morgan fingerprint density at radius 1 is 1.42 bits per heavy atom. The van der Waals surface area contributed by atoms with E-state index in [9.17, 15) is 14.4 Å². The van der Waals surface area contributed by atoms with Gasteiger partial charge in [-0.2, -0.15) is 5.10 Å². The number of nitrogens with two attached hydrogens (primary N) is 1. The highest BCUT2D eigenvalue weighted by Gasteiger charge is 2.26.